The summed E-state index contributed by atoms with van der Waals surface area (Å²) in [4.78, 5) is 17.3. The second kappa shape index (κ2) is 4.64. The highest BCUT2D eigenvalue weighted by atomic mass is 32.1. The first kappa shape index (κ1) is 12.4. The smallest absolute Gasteiger partial charge is 0.355 e. The average molecular weight is 254 g/mol. The fraction of sp³-hybridized carbons (Fsp3) is 0.667. The number of carbonyl (C=O) groups is 1. The third-order valence-electron chi connectivity index (χ3n) is 3.55. The van der Waals surface area contributed by atoms with Crippen molar-refractivity contribution < 1.29 is 9.90 Å². The van der Waals surface area contributed by atoms with Crippen molar-refractivity contribution in [3.05, 3.63) is 11.1 Å². The molecule has 3 unspecified atom stereocenters. The van der Waals surface area contributed by atoms with Gasteiger partial charge in [-0.25, -0.2) is 9.78 Å². The first-order valence-electron chi connectivity index (χ1n) is 5.94. The average Bonchev–Trinajstić information content (AvgIpc) is 2.72. The van der Waals surface area contributed by atoms with E-state index < -0.39 is 5.97 Å². The van der Waals surface area contributed by atoms with Crippen LogP contribution >= 0.6 is 11.3 Å². The number of aromatic carboxylic acids is 1. The molecule has 5 heteroatoms. The molecule has 1 aromatic heterocycles. The number of hydrogen-bond acceptors (Lipinski definition) is 4. The highest BCUT2D eigenvalue weighted by molar-refractivity contribution is 7.13. The Morgan fingerprint density at radius 2 is 2.24 bits per heavy atom. The summed E-state index contributed by atoms with van der Waals surface area (Å²) >= 11 is 1.43. The largest absolute Gasteiger partial charge is 0.476 e. The minimum absolute atomic E-state index is 0.156. The van der Waals surface area contributed by atoms with Gasteiger partial charge in [0.2, 0.25) is 0 Å². The van der Waals surface area contributed by atoms with E-state index >= 15 is 0 Å². The molecule has 3 atom stereocenters. The number of aromatic nitrogens is 1. The lowest BCUT2D eigenvalue weighted by Crippen LogP contribution is -2.45. The van der Waals surface area contributed by atoms with Gasteiger partial charge in [-0.3, -0.25) is 0 Å². The molecule has 0 saturated carbocycles. The number of nitrogens with zero attached hydrogens (tertiary/aromatic N) is 2. The summed E-state index contributed by atoms with van der Waals surface area (Å²) in [7, 11) is 0. The van der Waals surface area contributed by atoms with E-state index in [1.54, 1.807) is 5.38 Å². The monoisotopic (exact) mass is 254 g/mol. The highest BCUT2D eigenvalue weighted by Crippen LogP contribution is 2.32. The van der Waals surface area contributed by atoms with Gasteiger partial charge in [0.05, 0.1) is 0 Å². The normalized spacial score (nSPS) is 29.4. The van der Waals surface area contributed by atoms with E-state index in [0.29, 0.717) is 17.9 Å². The number of hydrogen-bond donors (Lipinski definition) is 1. The number of piperidine rings is 1. The van der Waals surface area contributed by atoms with Crippen molar-refractivity contribution in [2.24, 2.45) is 11.8 Å². The maximum Gasteiger partial charge on any atom is 0.355 e. The first-order chi connectivity index (χ1) is 7.99. The van der Waals surface area contributed by atoms with Crippen molar-refractivity contribution >= 4 is 22.4 Å². The van der Waals surface area contributed by atoms with Gasteiger partial charge in [0.15, 0.2) is 10.8 Å². The predicted octanol–water partition coefficient (Wildman–Crippen LogP) is 2.71. The zero-order chi connectivity index (χ0) is 12.6. The molecule has 0 radical (unpaired) electrons. The molecule has 17 heavy (non-hydrogen) atoms. The second-order valence-electron chi connectivity index (χ2n) is 5.03. The van der Waals surface area contributed by atoms with Crippen molar-refractivity contribution in [2.75, 3.05) is 11.4 Å². The van der Waals surface area contributed by atoms with Crippen molar-refractivity contribution in [1.82, 2.24) is 4.98 Å². The Hall–Kier alpha value is -1.10. The number of carboxylic acid groups (broad SMARTS) is 1. The van der Waals surface area contributed by atoms with E-state index in [4.69, 9.17) is 5.11 Å². The maximum absolute atomic E-state index is 10.8. The third-order valence-corrected chi connectivity index (χ3v) is 4.43. The Morgan fingerprint density at radius 1 is 1.53 bits per heavy atom. The number of carboxylic acids is 1. The van der Waals surface area contributed by atoms with Crippen molar-refractivity contribution in [1.29, 1.82) is 0 Å². The van der Waals surface area contributed by atoms with E-state index in [0.717, 1.165) is 11.7 Å². The fourth-order valence-corrected chi connectivity index (χ4v) is 3.36. The Bertz CT molecular complexity index is 418. The molecule has 2 heterocycles. The van der Waals surface area contributed by atoms with Gasteiger partial charge in [-0.1, -0.05) is 13.8 Å². The lowest BCUT2D eigenvalue weighted by atomic mass is 9.86. The SMILES string of the molecule is CC1CC(C)C(C)N(c2nc(C(=O)O)cs2)C1. The zero-order valence-electron chi connectivity index (χ0n) is 10.4. The Balaban J connectivity index is 2.22. The summed E-state index contributed by atoms with van der Waals surface area (Å²) in [5.74, 6) is 0.313. The van der Waals surface area contributed by atoms with Crippen LogP contribution in [0, 0.1) is 11.8 Å². The van der Waals surface area contributed by atoms with Crippen LogP contribution < -0.4 is 4.90 Å². The lowest BCUT2D eigenvalue weighted by Gasteiger charge is -2.41. The Labute approximate surface area is 105 Å². The maximum atomic E-state index is 10.8. The van der Waals surface area contributed by atoms with E-state index in [-0.39, 0.29) is 5.69 Å². The van der Waals surface area contributed by atoms with Gasteiger partial charge in [-0.15, -0.1) is 11.3 Å². The Kier molecular flexibility index (Phi) is 3.38. The third kappa shape index (κ3) is 2.44. The molecular formula is C12H18N2O2S. The zero-order valence-corrected chi connectivity index (χ0v) is 11.2. The number of thiazole rings is 1. The van der Waals surface area contributed by atoms with Crippen LogP contribution in [0.3, 0.4) is 0 Å². The summed E-state index contributed by atoms with van der Waals surface area (Å²) in [6, 6.07) is 0.430. The van der Waals surface area contributed by atoms with Gasteiger partial charge in [0.25, 0.3) is 0 Å². The molecule has 0 spiro atoms. The van der Waals surface area contributed by atoms with Crippen molar-refractivity contribution in [2.45, 2.75) is 33.2 Å². The number of rotatable bonds is 2. The second-order valence-corrected chi connectivity index (χ2v) is 5.87. The first-order valence-corrected chi connectivity index (χ1v) is 6.82. The van der Waals surface area contributed by atoms with Crippen LogP contribution in [0.4, 0.5) is 5.13 Å². The highest BCUT2D eigenvalue weighted by Gasteiger charge is 2.30. The molecular weight excluding hydrogens is 236 g/mol. The van der Waals surface area contributed by atoms with Crippen molar-refractivity contribution in [3.8, 4) is 0 Å². The quantitative estimate of drug-likeness (QED) is 0.881. The van der Waals surface area contributed by atoms with Gasteiger partial charge in [0, 0.05) is 18.0 Å². The minimum atomic E-state index is -0.946. The summed E-state index contributed by atoms with van der Waals surface area (Å²) in [5.41, 5.74) is 0.156. The number of anilines is 1. The molecule has 1 aromatic rings. The van der Waals surface area contributed by atoms with Crippen LogP contribution in [-0.2, 0) is 0 Å². The van der Waals surface area contributed by atoms with Gasteiger partial charge in [0.1, 0.15) is 0 Å². The lowest BCUT2D eigenvalue weighted by molar-refractivity contribution is 0.0691. The molecule has 2 rings (SSSR count). The molecule has 1 N–H and O–H groups in total. The van der Waals surface area contributed by atoms with Crippen LogP contribution in [0.15, 0.2) is 5.38 Å². The van der Waals surface area contributed by atoms with Gasteiger partial charge < -0.3 is 10.0 Å². The molecule has 1 aliphatic heterocycles. The van der Waals surface area contributed by atoms with E-state index in [1.165, 1.54) is 17.8 Å². The fourth-order valence-electron chi connectivity index (χ4n) is 2.46. The van der Waals surface area contributed by atoms with Crippen LogP contribution in [0.1, 0.15) is 37.7 Å². The van der Waals surface area contributed by atoms with Crippen LogP contribution in [0.25, 0.3) is 0 Å². The van der Waals surface area contributed by atoms with Crippen LogP contribution in [-0.4, -0.2) is 28.6 Å². The van der Waals surface area contributed by atoms with Crippen molar-refractivity contribution in [3.63, 3.8) is 0 Å². The molecule has 0 amide bonds. The van der Waals surface area contributed by atoms with Crippen LogP contribution in [0.2, 0.25) is 0 Å². The van der Waals surface area contributed by atoms with E-state index in [1.807, 2.05) is 0 Å². The molecule has 0 aliphatic carbocycles. The summed E-state index contributed by atoms with van der Waals surface area (Å²) < 4.78 is 0. The molecule has 1 aliphatic rings. The molecule has 94 valence electrons. The van der Waals surface area contributed by atoms with Gasteiger partial charge in [-0.05, 0) is 25.2 Å². The summed E-state index contributed by atoms with van der Waals surface area (Å²) in [6.07, 6.45) is 1.23. The molecule has 0 bridgehead atoms. The van der Waals surface area contributed by atoms with Gasteiger partial charge in [-0.2, -0.15) is 0 Å². The molecule has 0 aromatic carbocycles. The molecule has 1 saturated heterocycles. The predicted molar refractivity (Wildman–Crippen MR) is 68.8 cm³/mol. The van der Waals surface area contributed by atoms with E-state index in [2.05, 4.69) is 30.7 Å². The van der Waals surface area contributed by atoms with E-state index in [9.17, 15) is 4.79 Å². The summed E-state index contributed by atoms with van der Waals surface area (Å²) in [6.45, 7) is 7.65. The Morgan fingerprint density at radius 3 is 2.82 bits per heavy atom. The molecule has 1 fully saturated rings. The summed E-state index contributed by atoms with van der Waals surface area (Å²) in [5, 5.41) is 11.4. The molecule has 4 nitrogen and oxygen atoms in total. The van der Waals surface area contributed by atoms with Crippen LogP contribution in [0.5, 0.6) is 0 Å². The standard InChI is InChI=1S/C12H18N2O2S/c1-7-4-8(2)9(3)14(5-7)12-13-10(6-17-12)11(15)16/h6-9H,4-5H2,1-3H3,(H,15,16). The van der Waals surface area contributed by atoms with Gasteiger partial charge >= 0.3 is 5.97 Å². The topological polar surface area (TPSA) is 53.4 Å². The minimum Gasteiger partial charge on any atom is -0.476 e.